The van der Waals surface area contributed by atoms with E-state index < -0.39 is 36.8 Å². The molecule has 4 amide bonds. The van der Waals surface area contributed by atoms with Gasteiger partial charge in [0.2, 0.25) is 17.8 Å². The summed E-state index contributed by atoms with van der Waals surface area (Å²) in [5.41, 5.74) is 6.62. The molecule has 0 spiro atoms. The maximum absolute atomic E-state index is 13.7. The number of aryl methyl sites for hydroxylation is 1. The van der Waals surface area contributed by atoms with Crippen molar-refractivity contribution < 1.29 is 28.5 Å². The molecule has 0 aliphatic carbocycles. The number of fused-ring (bicyclic) bond motifs is 2. The zero-order chi connectivity index (χ0) is 50.7. The first-order valence-electron chi connectivity index (χ1n) is 24.7. The lowest BCUT2D eigenvalue weighted by Gasteiger charge is -2.49. The van der Waals surface area contributed by atoms with Crippen LogP contribution in [0.25, 0.3) is 22.0 Å². The number of imide groups is 2. The van der Waals surface area contributed by atoms with E-state index in [4.69, 9.17) is 9.72 Å². The van der Waals surface area contributed by atoms with Gasteiger partial charge in [0.05, 0.1) is 52.0 Å². The van der Waals surface area contributed by atoms with Gasteiger partial charge in [0.1, 0.15) is 24.8 Å². The van der Waals surface area contributed by atoms with Gasteiger partial charge in [-0.15, -0.1) is 0 Å². The number of para-hydroxylation sites is 1. The molecule has 0 saturated carbocycles. The zero-order valence-electron chi connectivity index (χ0n) is 41.2. The van der Waals surface area contributed by atoms with Crippen molar-refractivity contribution in [2.45, 2.75) is 37.8 Å². The Morgan fingerprint density at radius 3 is 2.32 bits per heavy atom. The van der Waals surface area contributed by atoms with Crippen molar-refractivity contribution >= 4 is 97.4 Å². The number of ether oxygens (including phenoxy) is 1. The fraction of sp³-hybridized carbons (Fsp3) is 0.385. The lowest BCUT2D eigenvalue weighted by atomic mass is 9.93. The topological polar surface area (TPSA) is 203 Å². The standard InChI is InChI=1S/C52H57BrN13O6P/c1-61-28-32(24-56-61)37-22-41(58-52-55-25-39(53)48(60-52)57-42-26-54-40-8-6-5-7-36(40)47(42)73(3,4)71)45(72-2)23-44(37)64-19-17-62(18-20-64)27-31-13-15-63(16-14-31)34-29-65(30-34)33-9-10-35-38(21-33)51(70)66(50(35)69)43-11-12-46(67)59-49(43)68/h5-10,21-26,28,31,34,43H,11-20,27,29-30H2,1-4H3,(H,59,67,68)(H2,55,57,58,60). The second kappa shape index (κ2) is 19.6. The van der Waals surface area contributed by atoms with Crippen LogP contribution in [0.15, 0.2) is 83.9 Å². The van der Waals surface area contributed by atoms with Crippen molar-refractivity contribution in [3.8, 4) is 16.9 Å². The van der Waals surface area contributed by atoms with Crippen LogP contribution in [0.2, 0.25) is 0 Å². The van der Waals surface area contributed by atoms with E-state index in [1.54, 1.807) is 49.6 Å². The number of hydrogen-bond donors (Lipinski definition) is 3. The number of methoxy groups -OCH3 is 1. The molecule has 3 aromatic heterocycles. The summed E-state index contributed by atoms with van der Waals surface area (Å²) in [5.74, 6) is 0.119. The number of aromatic nitrogens is 5. The highest BCUT2D eigenvalue weighted by Gasteiger charge is 2.45. The molecule has 1 atom stereocenters. The van der Waals surface area contributed by atoms with Crippen molar-refractivity contribution in [3.63, 3.8) is 0 Å². The van der Waals surface area contributed by atoms with Gasteiger partial charge >= 0.3 is 0 Å². The van der Waals surface area contributed by atoms with Gasteiger partial charge in [-0.25, -0.2) is 4.98 Å². The Labute approximate surface area is 431 Å². The third-order valence-electron chi connectivity index (χ3n) is 14.9. The predicted molar refractivity (Wildman–Crippen MR) is 284 cm³/mol. The van der Waals surface area contributed by atoms with E-state index in [1.165, 1.54) is 0 Å². The van der Waals surface area contributed by atoms with E-state index in [0.29, 0.717) is 61.8 Å². The fourth-order valence-electron chi connectivity index (χ4n) is 11.0. The molecule has 8 heterocycles. The smallest absolute Gasteiger partial charge is 0.262 e. The summed E-state index contributed by atoms with van der Waals surface area (Å²) in [4.78, 5) is 75.8. The molecule has 4 fully saturated rings. The van der Waals surface area contributed by atoms with Crippen LogP contribution < -0.4 is 35.8 Å². The van der Waals surface area contributed by atoms with Crippen molar-refractivity contribution in [2.75, 3.05) is 99.8 Å². The van der Waals surface area contributed by atoms with Crippen LogP contribution in [0.3, 0.4) is 0 Å². The molecule has 19 nitrogen and oxygen atoms in total. The molecule has 5 aliphatic rings. The number of nitrogens with zero attached hydrogens (tertiary/aromatic N) is 10. The number of piperazine rings is 1. The molecule has 73 heavy (non-hydrogen) atoms. The number of hydrogen-bond acceptors (Lipinski definition) is 16. The van der Waals surface area contributed by atoms with Gasteiger partial charge < -0.3 is 29.7 Å². The number of carbonyl (C=O) groups is 4. The van der Waals surface area contributed by atoms with Crippen LogP contribution in [-0.4, -0.2) is 154 Å². The number of rotatable bonds is 13. The van der Waals surface area contributed by atoms with Crippen molar-refractivity contribution in [1.82, 2.24) is 44.7 Å². The second-order valence-corrected chi connectivity index (χ2v) is 24.0. The minimum Gasteiger partial charge on any atom is -0.494 e. The molecule has 6 aromatic rings. The molecule has 11 rings (SSSR count). The first kappa shape index (κ1) is 48.5. The molecule has 0 radical (unpaired) electrons. The summed E-state index contributed by atoms with van der Waals surface area (Å²) in [6.45, 7) is 12.0. The number of likely N-dealkylation sites (tertiary alicyclic amines) is 1. The monoisotopic (exact) mass is 1070 g/mol. The minimum atomic E-state index is -2.75. The fourth-order valence-corrected chi connectivity index (χ4v) is 12.8. The molecular formula is C52H57BrN13O6P. The van der Waals surface area contributed by atoms with Gasteiger partial charge in [0.15, 0.2) is 0 Å². The Bertz CT molecular complexity index is 3230. The number of piperidine rings is 2. The molecular weight excluding hydrogens is 1010 g/mol. The molecule has 4 saturated heterocycles. The van der Waals surface area contributed by atoms with E-state index in [0.717, 1.165) is 110 Å². The quantitative estimate of drug-likeness (QED) is 0.0890. The summed E-state index contributed by atoms with van der Waals surface area (Å²) >= 11 is 3.62. The number of nitrogens with one attached hydrogen (secondary N) is 3. The molecule has 0 bridgehead atoms. The first-order valence-corrected chi connectivity index (χ1v) is 28.1. The van der Waals surface area contributed by atoms with Crippen LogP contribution in [-0.2, 0) is 21.2 Å². The van der Waals surface area contributed by atoms with E-state index in [9.17, 15) is 23.7 Å². The largest absolute Gasteiger partial charge is 0.494 e. The molecule has 21 heteroatoms. The predicted octanol–water partition coefficient (Wildman–Crippen LogP) is 6.06. The van der Waals surface area contributed by atoms with Crippen LogP contribution in [0.5, 0.6) is 5.75 Å². The Hall–Kier alpha value is -6.73. The molecule has 5 aliphatic heterocycles. The lowest BCUT2D eigenvalue weighted by Crippen LogP contribution is -2.61. The Kier molecular flexibility index (Phi) is 13.0. The van der Waals surface area contributed by atoms with Gasteiger partial charge in [-0.3, -0.25) is 48.9 Å². The van der Waals surface area contributed by atoms with Gasteiger partial charge in [-0.1, -0.05) is 18.2 Å². The highest BCUT2D eigenvalue weighted by atomic mass is 79.9. The van der Waals surface area contributed by atoms with Crippen LogP contribution in [0.4, 0.5) is 34.5 Å². The van der Waals surface area contributed by atoms with Gasteiger partial charge in [0, 0.05) is 117 Å². The normalized spacial score (nSPS) is 19.4. The highest BCUT2D eigenvalue weighted by Crippen LogP contribution is 2.43. The average Bonchev–Trinajstić information content (AvgIpc) is 3.90. The van der Waals surface area contributed by atoms with Crippen LogP contribution >= 0.6 is 23.1 Å². The first-order chi connectivity index (χ1) is 35.2. The number of benzene rings is 3. The third kappa shape index (κ3) is 9.57. The van der Waals surface area contributed by atoms with E-state index >= 15 is 0 Å². The van der Waals surface area contributed by atoms with Gasteiger partial charge in [0.25, 0.3) is 11.8 Å². The summed E-state index contributed by atoms with van der Waals surface area (Å²) in [6, 6.07) is 16.7. The lowest BCUT2D eigenvalue weighted by molar-refractivity contribution is -0.136. The van der Waals surface area contributed by atoms with E-state index in [-0.39, 0.29) is 12.8 Å². The number of carbonyl (C=O) groups excluding carboxylic acids is 4. The number of amides is 4. The molecule has 3 aromatic carbocycles. The average molecular weight is 1070 g/mol. The maximum Gasteiger partial charge on any atom is 0.262 e. The Morgan fingerprint density at radius 2 is 1.59 bits per heavy atom. The maximum atomic E-state index is 13.7. The molecule has 1 unspecified atom stereocenters. The minimum absolute atomic E-state index is 0.0906. The van der Waals surface area contributed by atoms with Crippen molar-refractivity contribution in [1.29, 1.82) is 0 Å². The van der Waals surface area contributed by atoms with E-state index in [1.807, 2.05) is 49.8 Å². The molecule has 3 N–H and O–H groups in total. The summed E-state index contributed by atoms with van der Waals surface area (Å²) in [5, 5.41) is 15.1. The summed E-state index contributed by atoms with van der Waals surface area (Å²) in [6.07, 6.45) is 9.78. The SMILES string of the molecule is COc1cc(N2CCN(CC3CCN(C4CN(c5ccc6c(c5)C(=O)N(C5CCC(=O)NC5=O)C6=O)C4)CC3)CC2)c(-c2cnn(C)c2)cc1Nc1ncc(Br)c(Nc2cnc3ccccc3c2P(C)(C)=O)n1. The summed E-state index contributed by atoms with van der Waals surface area (Å²) < 4.78 is 22.1. The Balaban J connectivity index is 0.707. The highest BCUT2D eigenvalue weighted by molar-refractivity contribution is 9.10. The van der Waals surface area contributed by atoms with Crippen molar-refractivity contribution in [2.24, 2.45) is 13.0 Å². The van der Waals surface area contributed by atoms with Crippen LogP contribution in [0.1, 0.15) is 46.4 Å². The van der Waals surface area contributed by atoms with Crippen LogP contribution in [0, 0.1) is 5.92 Å². The van der Waals surface area contributed by atoms with Gasteiger partial charge in [-0.05, 0) is 97.9 Å². The third-order valence-corrected chi connectivity index (χ3v) is 17.0. The summed E-state index contributed by atoms with van der Waals surface area (Å²) in [7, 11) is 0.831. The number of pyridine rings is 1. The van der Waals surface area contributed by atoms with Gasteiger partial charge in [-0.2, -0.15) is 10.1 Å². The van der Waals surface area contributed by atoms with Crippen molar-refractivity contribution in [3.05, 3.63) is 95.0 Å². The molecule has 378 valence electrons. The van der Waals surface area contributed by atoms with E-state index in [2.05, 4.69) is 78.7 Å². The number of anilines is 6. The number of halogens is 1. The second-order valence-electron chi connectivity index (χ2n) is 20.0. The Morgan fingerprint density at radius 1 is 0.822 bits per heavy atom. The zero-order valence-corrected chi connectivity index (χ0v) is 43.7.